The summed E-state index contributed by atoms with van der Waals surface area (Å²) in [5, 5.41) is 11.4. The van der Waals surface area contributed by atoms with Gasteiger partial charge in [-0.1, -0.05) is 23.4 Å². The van der Waals surface area contributed by atoms with Crippen molar-refractivity contribution in [2.75, 3.05) is 18.3 Å². The van der Waals surface area contributed by atoms with E-state index in [1.165, 1.54) is 23.5 Å². The standard InChI is InChI=1S/C17H18ClN5O3S/c1-9-12(6-7-26-9)15-21-22-17(23(15)19)27-10(2)16(24)20-13-8-11(18)4-5-14(13)25-3/h4-8,10H,19H2,1-3H3,(H,20,24). The molecule has 0 aliphatic heterocycles. The van der Waals surface area contributed by atoms with Crippen LogP contribution in [0.2, 0.25) is 5.02 Å². The molecule has 0 fully saturated rings. The summed E-state index contributed by atoms with van der Waals surface area (Å²) in [7, 11) is 1.52. The molecule has 0 radical (unpaired) electrons. The highest BCUT2D eigenvalue weighted by Gasteiger charge is 2.22. The van der Waals surface area contributed by atoms with Gasteiger partial charge in [0.05, 0.1) is 29.9 Å². The molecular formula is C17H18ClN5O3S. The van der Waals surface area contributed by atoms with Gasteiger partial charge < -0.3 is 20.3 Å². The normalized spacial score (nSPS) is 12.0. The number of furan rings is 1. The predicted octanol–water partition coefficient (Wildman–Crippen LogP) is 3.34. The lowest BCUT2D eigenvalue weighted by atomic mass is 10.2. The summed E-state index contributed by atoms with van der Waals surface area (Å²) in [5.74, 6) is 7.51. The van der Waals surface area contributed by atoms with Crippen molar-refractivity contribution in [1.29, 1.82) is 0 Å². The minimum atomic E-state index is -0.488. The number of nitrogens with one attached hydrogen (secondary N) is 1. The van der Waals surface area contributed by atoms with E-state index in [4.69, 9.17) is 26.6 Å². The van der Waals surface area contributed by atoms with Gasteiger partial charge in [-0.25, -0.2) is 4.68 Å². The topological polar surface area (TPSA) is 108 Å². The fraction of sp³-hybridized carbons (Fsp3) is 0.235. The Hall–Kier alpha value is -2.65. The third kappa shape index (κ3) is 4.04. The van der Waals surface area contributed by atoms with Crippen molar-refractivity contribution >= 4 is 35.0 Å². The van der Waals surface area contributed by atoms with Crippen LogP contribution in [-0.4, -0.2) is 33.1 Å². The van der Waals surface area contributed by atoms with E-state index in [0.29, 0.717) is 33.2 Å². The van der Waals surface area contributed by atoms with Crippen LogP contribution in [0.3, 0.4) is 0 Å². The van der Waals surface area contributed by atoms with E-state index >= 15 is 0 Å². The van der Waals surface area contributed by atoms with Crippen molar-refractivity contribution in [1.82, 2.24) is 14.9 Å². The van der Waals surface area contributed by atoms with Crippen molar-refractivity contribution in [3.63, 3.8) is 0 Å². The molecule has 0 saturated carbocycles. The van der Waals surface area contributed by atoms with Crippen molar-refractivity contribution in [3.8, 4) is 17.1 Å². The second-order valence-electron chi connectivity index (χ2n) is 5.66. The molecule has 0 aliphatic rings. The number of carbonyl (C=O) groups is 1. The number of anilines is 1. The van der Waals surface area contributed by atoms with E-state index in [1.807, 2.05) is 6.92 Å². The third-order valence-corrected chi connectivity index (χ3v) is 5.13. The van der Waals surface area contributed by atoms with Crippen LogP contribution in [0.1, 0.15) is 12.7 Å². The maximum absolute atomic E-state index is 12.6. The van der Waals surface area contributed by atoms with E-state index in [1.54, 1.807) is 37.5 Å². The van der Waals surface area contributed by atoms with Crippen LogP contribution in [0.4, 0.5) is 5.69 Å². The lowest BCUT2D eigenvalue weighted by Crippen LogP contribution is -2.24. The molecule has 3 rings (SSSR count). The Labute approximate surface area is 165 Å². The maximum atomic E-state index is 12.6. The Morgan fingerprint density at radius 2 is 2.19 bits per heavy atom. The number of nitrogens with two attached hydrogens (primary N) is 1. The van der Waals surface area contributed by atoms with Gasteiger partial charge in [-0.3, -0.25) is 4.79 Å². The van der Waals surface area contributed by atoms with Gasteiger partial charge in [0.25, 0.3) is 0 Å². The number of halogens is 1. The summed E-state index contributed by atoms with van der Waals surface area (Å²) < 4.78 is 11.8. The van der Waals surface area contributed by atoms with Crippen LogP contribution in [0.25, 0.3) is 11.4 Å². The number of nitrogens with zero attached hydrogens (tertiary/aromatic N) is 3. The lowest BCUT2D eigenvalue weighted by molar-refractivity contribution is -0.115. The third-order valence-electron chi connectivity index (χ3n) is 3.84. The number of aryl methyl sites for hydroxylation is 1. The monoisotopic (exact) mass is 407 g/mol. The zero-order valence-electron chi connectivity index (χ0n) is 14.9. The van der Waals surface area contributed by atoms with Crippen molar-refractivity contribution in [3.05, 3.63) is 41.3 Å². The summed E-state index contributed by atoms with van der Waals surface area (Å²) in [6.07, 6.45) is 1.56. The van der Waals surface area contributed by atoms with Crippen molar-refractivity contribution in [2.24, 2.45) is 0 Å². The first-order valence-corrected chi connectivity index (χ1v) is 9.22. The van der Waals surface area contributed by atoms with Crippen LogP contribution in [-0.2, 0) is 4.79 Å². The molecule has 0 bridgehead atoms. The number of ether oxygens (including phenoxy) is 1. The number of thioether (sulfide) groups is 1. The van der Waals surface area contributed by atoms with Gasteiger partial charge >= 0.3 is 0 Å². The number of rotatable bonds is 6. The fourth-order valence-electron chi connectivity index (χ4n) is 2.38. The van der Waals surface area contributed by atoms with Crippen LogP contribution in [0.5, 0.6) is 5.75 Å². The Balaban J connectivity index is 1.73. The second kappa shape index (κ2) is 7.93. The minimum Gasteiger partial charge on any atom is -0.495 e. The zero-order valence-corrected chi connectivity index (χ0v) is 16.5. The molecule has 1 atom stereocenters. The highest BCUT2D eigenvalue weighted by Crippen LogP contribution is 2.30. The molecule has 1 unspecified atom stereocenters. The van der Waals surface area contributed by atoms with Crippen LogP contribution in [0, 0.1) is 6.92 Å². The average molecular weight is 408 g/mol. The number of methoxy groups -OCH3 is 1. The van der Waals surface area contributed by atoms with Gasteiger partial charge in [-0.15, -0.1) is 10.2 Å². The van der Waals surface area contributed by atoms with E-state index in [9.17, 15) is 4.79 Å². The molecule has 10 heteroatoms. The molecule has 2 aromatic heterocycles. The van der Waals surface area contributed by atoms with Gasteiger partial charge in [-0.2, -0.15) is 0 Å². The summed E-state index contributed by atoms with van der Waals surface area (Å²) in [6, 6.07) is 6.76. The number of carbonyl (C=O) groups excluding carboxylic acids is 1. The largest absolute Gasteiger partial charge is 0.495 e. The molecule has 0 aliphatic carbocycles. The summed E-state index contributed by atoms with van der Waals surface area (Å²) >= 11 is 7.18. The molecule has 0 saturated heterocycles. The summed E-state index contributed by atoms with van der Waals surface area (Å²) in [6.45, 7) is 3.56. The van der Waals surface area contributed by atoms with Crippen molar-refractivity contribution in [2.45, 2.75) is 24.3 Å². The van der Waals surface area contributed by atoms with Crippen LogP contribution in [0.15, 0.2) is 40.1 Å². The average Bonchev–Trinajstić information content (AvgIpc) is 3.21. The van der Waals surface area contributed by atoms with Gasteiger partial charge in [0.1, 0.15) is 11.5 Å². The molecule has 0 spiro atoms. The Bertz CT molecular complexity index is 971. The van der Waals surface area contributed by atoms with E-state index < -0.39 is 5.25 Å². The molecule has 3 aromatic rings. The van der Waals surface area contributed by atoms with Gasteiger partial charge in [0.15, 0.2) is 5.82 Å². The highest BCUT2D eigenvalue weighted by atomic mass is 35.5. The number of nitrogen functional groups attached to an aromatic ring is 1. The first-order chi connectivity index (χ1) is 12.9. The van der Waals surface area contributed by atoms with E-state index in [0.717, 1.165) is 5.56 Å². The van der Waals surface area contributed by atoms with Gasteiger partial charge in [-0.05, 0) is 38.1 Å². The quantitative estimate of drug-likeness (QED) is 0.476. The number of aromatic nitrogens is 3. The molecule has 2 heterocycles. The molecule has 3 N–H and O–H groups in total. The van der Waals surface area contributed by atoms with Gasteiger partial charge in [0, 0.05) is 5.02 Å². The highest BCUT2D eigenvalue weighted by molar-refractivity contribution is 8.00. The molecule has 8 nitrogen and oxygen atoms in total. The molecule has 142 valence electrons. The number of hydrogen-bond acceptors (Lipinski definition) is 7. The van der Waals surface area contributed by atoms with Crippen molar-refractivity contribution < 1.29 is 13.9 Å². The maximum Gasteiger partial charge on any atom is 0.237 e. The first-order valence-electron chi connectivity index (χ1n) is 7.96. The predicted molar refractivity (Wildman–Crippen MR) is 105 cm³/mol. The molecule has 27 heavy (non-hydrogen) atoms. The first kappa shape index (κ1) is 19.1. The van der Waals surface area contributed by atoms with Crippen LogP contribution >= 0.6 is 23.4 Å². The SMILES string of the molecule is COc1ccc(Cl)cc1NC(=O)C(C)Sc1nnc(-c2ccoc2C)n1N. The summed E-state index contributed by atoms with van der Waals surface area (Å²) in [4.78, 5) is 12.6. The number of hydrogen-bond donors (Lipinski definition) is 2. The Morgan fingerprint density at radius 1 is 1.41 bits per heavy atom. The molecular weight excluding hydrogens is 390 g/mol. The number of amides is 1. The Morgan fingerprint density at radius 3 is 2.85 bits per heavy atom. The minimum absolute atomic E-state index is 0.246. The van der Waals surface area contributed by atoms with Crippen LogP contribution < -0.4 is 15.9 Å². The van der Waals surface area contributed by atoms with E-state index in [-0.39, 0.29) is 5.91 Å². The second-order valence-corrected chi connectivity index (χ2v) is 7.40. The Kier molecular flexibility index (Phi) is 5.62. The fourth-order valence-corrected chi connectivity index (χ4v) is 3.32. The smallest absolute Gasteiger partial charge is 0.237 e. The lowest BCUT2D eigenvalue weighted by Gasteiger charge is -2.14. The molecule has 1 amide bonds. The summed E-state index contributed by atoms with van der Waals surface area (Å²) in [5.41, 5.74) is 1.24. The van der Waals surface area contributed by atoms with Gasteiger partial charge in [0.2, 0.25) is 11.1 Å². The number of benzene rings is 1. The van der Waals surface area contributed by atoms with E-state index in [2.05, 4.69) is 15.5 Å². The molecule has 1 aromatic carbocycles. The zero-order chi connectivity index (χ0) is 19.6.